The van der Waals surface area contributed by atoms with Gasteiger partial charge in [-0.25, -0.2) is 9.78 Å². The highest BCUT2D eigenvalue weighted by molar-refractivity contribution is 6.49. The standard InChI is InChI=1S/C13H9Cl4N3O2/c1-22-13(21)12-9(16)6(18)3-7(20-12)4-2-5(14)8(15)10(17)11(4)19/h2-3H,19H2,1H3,(H2,18,20). The fraction of sp³-hybridized carbons (Fsp3) is 0.0769. The summed E-state index contributed by atoms with van der Waals surface area (Å²) in [5.41, 5.74) is 12.5. The van der Waals surface area contributed by atoms with E-state index < -0.39 is 5.97 Å². The van der Waals surface area contributed by atoms with Crippen LogP contribution < -0.4 is 11.5 Å². The van der Waals surface area contributed by atoms with Crippen molar-refractivity contribution in [2.24, 2.45) is 0 Å². The van der Waals surface area contributed by atoms with Crippen LogP contribution in [0.15, 0.2) is 12.1 Å². The van der Waals surface area contributed by atoms with Gasteiger partial charge in [-0.3, -0.25) is 0 Å². The molecule has 1 aromatic carbocycles. The lowest BCUT2D eigenvalue weighted by Gasteiger charge is -2.12. The lowest BCUT2D eigenvalue weighted by atomic mass is 10.1. The Morgan fingerprint density at radius 3 is 2.32 bits per heavy atom. The summed E-state index contributed by atoms with van der Waals surface area (Å²) < 4.78 is 4.61. The molecule has 0 aliphatic rings. The zero-order chi connectivity index (χ0) is 16.6. The topological polar surface area (TPSA) is 91.2 Å². The largest absolute Gasteiger partial charge is 0.464 e. The molecule has 0 radical (unpaired) electrons. The van der Waals surface area contributed by atoms with Gasteiger partial charge in [0.2, 0.25) is 0 Å². The van der Waals surface area contributed by atoms with Gasteiger partial charge >= 0.3 is 5.97 Å². The highest BCUT2D eigenvalue weighted by atomic mass is 35.5. The average molecular weight is 381 g/mol. The number of aromatic nitrogens is 1. The first kappa shape index (κ1) is 17.0. The van der Waals surface area contributed by atoms with Crippen molar-refractivity contribution in [1.29, 1.82) is 0 Å². The van der Waals surface area contributed by atoms with E-state index >= 15 is 0 Å². The maximum absolute atomic E-state index is 11.7. The molecule has 1 heterocycles. The zero-order valence-corrected chi connectivity index (χ0v) is 14.1. The summed E-state index contributed by atoms with van der Waals surface area (Å²) in [4.78, 5) is 15.8. The third kappa shape index (κ3) is 2.90. The number of rotatable bonds is 2. The Kier molecular flexibility index (Phi) is 4.92. The summed E-state index contributed by atoms with van der Waals surface area (Å²) in [5, 5.41) is 0.380. The summed E-state index contributed by atoms with van der Waals surface area (Å²) in [6.45, 7) is 0. The normalized spacial score (nSPS) is 10.6. The van der Waals surface area contributed by atoms with Crippen LogP contribution in [0.25, 0.3) is 11.3 Å². The van der Waals surface area contributed by atoms with Gasteiger partial charge in [-0.1, -0.05) is 46.4 Å². The van der Waals surface area contributed by atoms with Gasteiger partial charge in [0.15, 0.2) is 5.69 Å². The van der Waals surface area contributed by atoms with E-state index in [-0.39, 0.29) is 42.9 Å². The van der Waals surface area contributed by atoms with Crippen molar-refractivity contribution in [3.05, 3.63) is 37.9 Å². The molecule has 0 atom stereocenters. The highest BCUT2D eigenvalue weighted by Crippen LogP contribution is 2.41. The Labute approximate surface area is 146 Å². The predicted octanol–water partition coefficient (Wildman–Crippen LogP) is 4.31. The quantitative estimate of drug-likeness (QED) is 0.460. The SMILES string of the molecule is COC(=O)c1nc(-c2cc(Cl)c(Cl)c(Cl)c2N)cc(N)c1Cl. The molecule has 0 saturated carbocycles. The first-order valence-corrected chi connectivity index (χ1v) is 7.26. The molecular weight excluding hydrogens is 372 g/mol. The lowest BCUT2D eigenvalue weighted by Crippen LogP contribution is -2.08. The Balaban J connectivity index is 2.74. The molecule has 2 rings (SSSR count). The molecule has 22 heavy (non-hydrogen) atoms. The minimum atomic E-state index is -0.733. The van der Waals surface area contributed by atoms with E-state index in [2.05, 4.69) is 9.72 Å². The molecule has 4 N–H and O–H groups in total. The number of pyridine rings is 1. The molecule has 0 spiro atoms. The van der Waals surface area contributed by atoms with Crippen molar-refractivity contribution >= 4 is 63.7 Å². The van der Waals surface area contributed by atoms with Crippen molar-refractivity contribution in [3.63, 3.8) is 0 Å². The lowest BCUT2D eigenvalue weighted by molar-refractivity contribution is 0.0594. The Morgan fingerprint density at radius 2 is 1.73 bits per heavy atom. The van der Waals surface area contributed by atoms with E-state index in [1.165, 1.54) is 19.2 Å². The predicted molar refractivity (Wildman–Crippen MR) is 89.9 cm³/mol. The maximum Gasteiger partial charge on any atom is 0.358 e. The summed E-state index contributed by atoms with van der Waals surface area (Å²) in [7, 11) is 1.20. The molecule has 0 fully saturated rings. The number of benzene rings is 1. The summed E-state index contributed by atoms with van der Waals surface area (Å²) in [5.74, 6) is -0.733. The molecule has 0 bridgehead atoms. The number of halogens is 4. The summed E-state index contributed by atoms with van der Waals surface area (Å²) in [6, 6.07) is 2.92. The van der Waals surface area contributed by atoms with E-state index in [4.69, 9.17) is 57.9 Å². The molecule has 2 aromatic rings. The summed E-state index contributed by atoms with van der Waals surface area (Å²) >= 11 is 23.9. The van der Waals surface area contributed by atoms with Crippen LogP contribution in [-0.4, -0.2) is 18.1 Å². The van der Waals surface area contributed by atoms with Crippen molar-refractivity contribution in [3.8, 4) is 11.3 Å². The number of hydrogen-bond donors (Lipinski definition) is 2. The average Bonchev–Trinajstić information content (AvgIpc) is 2.50. The van der Waals surface area contributed by atoms with E-state index in [0.717, 1.165) is 0 Å². The monoisotopic (exact) mass is 379 g/mol. The molecule has 0 saturated heterocycles. The number of nitrogens with zero attached hydrogens (tertiary/aromatic N) is 1. The van der Waals surface area contributed by atoms with E-state index in [1.807, 2.05) is 0 Å². The number of hydrogen-bond acceptors (Lipinski definition) is 5. The van der Waals surface area contributed by atoms with E-state index in [0.29, 0.717) is 5.56 Å². The minimum Gasteiger partial charge on any atom is -0.464 e. The Morgan fingerprint density at radius 1 is 1.09 bits per heavy atom. The van der Waals surface area contributed by atoms with Crippen molar-refractivity contribution in [2.75, 3.05) is 18.6 Å². The Bertz CT molecular complexity index is 781. The molecule has 5 nitrogen and oxygen atoms in total. The van der Waals surface area contributed by atoms with E-state index in [9.17, 15) is 4.79 Å². The maximum atomic E-state index is 11.7. The smallest absolute Gasteiger partial charge is 0.358 e. The van der Waals surface area contributed by atoms with Crippen LogP contribution in [0.2, 0.25) is 20.1 Å². The van der Waals surface area contributed by atoms with Gasteiger partial charge in [-0.2, -0.15) is 0 Å². The van der Waals surface area contributed by atoms with Crippen LogP contribution >= 0.6 is 46.4 Å². The number of ether oxygens (including phenoxy) is 1. The molecule has 116 valence electrons. The van der Waals surface area contributed by atoms with Crippen LogP contribution in [0.3, 0.4) is 0 Å². The van der Waals surface area contributed by atoms with Gasteiger partial charge in [0.1, 0.15) is 0 Å². The second-order valence-corrected chi connectivity index (χ2v) is 5.74. The summed E-state index contributed by atoms with van der Waals surface area (Å²) in [6.07, 6.45) is 0. The first-order chi connectivity index (χ1) is 10.3. The van der Waals surface area contributed by atoms with E-state index in [1.54, 1.807) is 0 Å². The van der Waals surface area contributed by atoms with Crippen molar-refractivity contribution < 1.29 is 9.53 Å². The molecule has 0 unspecified atom stereocenters. The number of methoxy groups -OCH3 is 1. The van der Waals surface area contributed by atoms with Crippen LogP contribution in [0.1, 0.15) is 10.5 Å². The van der Waals surface area contributed by atoms with Crippen molar-refractivity contribution in [1.82, 2.24) is 4.98 Å². The van der Waals surface area contributed by atoms with Crippen LogP contribution in [0.5, 0.6) is 0 Å². The molecule has 0 aliphatic carbocycles. The minimum absolute atomic E-state index is 0.0136. The third-order valence-electron chi connectivity index (χ3n) is 2.84. The van der Waals surface area contributed by atoms with Gasteiger partial charge in [-0.05, 0) is 12.1 Å². The van der Waals surface area contributed by atoms with Crippen LogP contribution in [0, 0.1) is 0 Å². The number of nitrogens with two attached hydrogens (primary N) is 2. The fourth-order valence-electron chi connectivity index (χ4n) is 1.74. The van der Waals surface area contributed by atoms with Crippen LogP contribution in [-0.2, 0) is 4.74 Å². The fourth-order valence-corrected chi connectivity index (χ4v) is 2.53. The Hall–Kier alpha value is -1.40. The molecule has 0 amide bonds. The number of nitrogen functional groups attached to an aromatic ring is 2. The van der Waals surface area contributed by atoms with Crippen molar-refractivity contribution in [2.45, 2.75) is 0 Å². The molecule has 0 aliphatic heterocycles. The molecular formula is C13H9Cl4N3O2. The second kappa shape index (κ2) is 6.38. The van der Waals surface area contributed by atoms with Gasteiger partial charge < -0.3 is 16.2 Å². The number of esters is 1. The zero-order valence-electron chi connectivity index (χ0n) is 11.1. The van der Waals surface area contributed by atoms with Gasteiger partial charge in [0, 0.05) is 5.56 Å². The first-order valence-electron chi connectivity index (χ1n) is 5.75. The third-order valence-corrected chi connectivity index (χ3v) is 4.51. The number of carbonyl (C=O) groups excluding carboxylic acids is 1. The van der Waals surface area contributed by atoms with Gasteiger partial charge in [-0.15, -0.1) is 0 Å². The molecule has 9 heteroatoms. The van der Waals surface area contributed by atoms with Gasteiger partial charge in [0.05, 0.1) is 44.3 Å². The van der Waals surface area contributed by atoms with Gasteiger partial charge in [0.25, 0.3) is 0 Å². The molecule has 1 aromatic heterocycles. The number of anilines is 2. The second-order valence-electron chi connectivity index (χ2n) is 4.20. The highest BCUT2D eigenvalue weighted by Gasteiger charge is 2.20. The number of carbonyl (C=O) groups is 1. The van der Waals surface area contributed by atoms with Crippen LogP contribution in [0.4, 0.5) is 11.4 Å².